The zero-order valence-corrected chi connectivity index (χ0v) is 8.20. The highest BCUT2D eigenvalue weighted by Crippen LogP contribution is 2.33. The van der Waals surface area contributed by atoms with Gasteiger partial charge in [0.2, 0.25) is 0 Å². The van der Waals surface area contributed by atoms with Crippen LogP contribution in [-0.4, -0.2) is 30.2 Å². The number of nitrogens with zero attached hydrogens (tertiary/aromatic N) is 6. The van der Waals surface area contributed by atoms with Crippen molar-refractivity contribution < 1.29 is 0 Å². The van der Waals surface area contributed by atoms with Crippen molar-refractivity contribution in [3.63, 3.8) is 0 Å². The number of fused-ring (bicyclic) bond motifs is 4. The molecule has 2 heterocycles. The maximum absolute atomic E-state index is 4.42. The summed E-state index contributed by atoms with van der Waals surface area (Å²) in [5.74, 6) is 0.440. The van der Waals surface area contributed by atoms with Crippen LogP contribution in [0.2, 0.25) is 0 Å². The fourth-order valence-corrected chi connectivity index (χ4v) is 2.06. The Bertz CT molecular complexity index is 701. The molecule has 0 atom stereocenters. The van der Waals surface area contributed by atoms with E-state index in [4.69, 9.17) is 0 Å². The van der Waals surface area contributed by atoms with Gasteiger partial charge in [-0.2, -0.15) is 0 Å². The molecule has 76 valence electrons. The van der Waals surface area contributed by atoms with Crippen LogP contribution in [0.1, 0.15) is 11.3 Å². The number of rotatable bonds is 0. The smallest absolute Gasteiger partial charge is 0.206 e. The molecule has 0 amide bonds. The van der Waals surface area contributed by atoms with Crippen molar-refractivity contribution in [2.75, 3.05) is 0 Å². The van der Waals surface area contributed by atoms with E-state index in [9.17, 15) is 0 Å². The van der Waals surface area contributed by atoms with Crippen LogP contribution < -0.4 is 0 Å². The Balaban J connectivity index is 2.09. The van der Waals surface area contributed by atoms with Crippen LogP contribution in [0.5, 0.6) is 0 Å². The molecule has 0 unspecified atom stereocenters. The molecule has 1 aliphatic carbocycles. The van der Waals surface area contributed by atoms with Gasteiger partial charge in [-0.15, -0.1) is 5.10 Å². The molecule has 1 aliphatic rings. The second-order valence-electron chi connectivity index (χ2n) is 3.71. The lowest BCUT2D eigenvalue weighted by Gasteiger charge is -1.97. The summed E-state index contributed by atoms with van der Waals surface area (Å²) in [6, 6.07) is 8.17. The molecule has 1 aromatic carbocycles. The van der Waals surface area contributed by atoms with E-state index in [1.54, 1.807) is 0 Å². The maximum Gasteiger partial charge on any atom is 0.291 e. The fraction of sp³-hybridized carbons (Fsp3) is 0.100. The van der Waals surface area contributed by atoms with Crippen LogP contribution in [-0.2, 0) is 6.42 Å². The van der Waals surface area contributed by atoms with E-state index in [0.717, 1.165) is 23.4 Å². The quantitative estimate of drug-likeness (QED) is 0.422. The first-order valence-electron chi connectivity index (χ1n) is 4.95. The Kier molecular flexibility index (Phi) is 1.28. The predicted octanol–water partition coefficient (Wildman–Crippen LogP) is 0.485. The van der Waals surface area contributed by atoms with Gasteiger partial charge >= 0.3 is 0 Å². The summed E-state index contributed by atoms with van der Waals surface area (Å²) in [6.45, 7) is 0. The minimum absolute atomic E-state index is 0.440. The van der Waals surface area contributed by atoms with Gasteiger partial charge in [0.1, 0.15) is 0 Å². The predicted molar refractivity (Wildman–Crippen MR) is 54.6 cm³/mol. The van der Waals surface area contributed by atoms with E-state index >= 15 is 0 Å². The summed E-state index contributed by atoms with van der Waals surface area (Å²) in [4.78, 5) is 4.42. The minimum atomic E-state index is 0.440. The van der Waals surface area contributed by atoms with Crippen molar-refractivity contribution in [1.82, 2.24) is 30.2 Å². The summed E-state index contributed by atoms with van der Waals surface area (Å²) in [6.07, 6.45) is 0.800. The zero-order chi connectivity index (χ0) is 10.5. The third kappa shape index (κ3) is 0.881. The third-order valence-corrected chi connectivity index (χ3v) is 2.77. The first-order valence-corrected chi connectivity index (χ1v) is 4.95. The Morgan fingerprint density at radius 3 is 3.12 bits per heavy atom. The summed E-state index contributed by atoms with van der Waals surface area (Å²) >= 11 is 0. The van der Waals surface area contributed by atoms with Gasteiger partial charge in [-0.1, -0.05) is 34.0 Å². The summed E-state index contributed by atoms with van der Waals surface area (Å²) in [7, 11) is 0. The van der Waals surface area contributed by atoms with E-state index in [1.165, 1.54) is 10.2 Å². The number of hydrogen-bond acceptors (Lipinski definition) is 5. The van der Waals surface area contributed by atoms with Gasteiger partial charge in [-0.05, 0) is 16.0 Å². The molecule has 6 nitrogen and oxygen atoms in total. The van der Waals surface area contributed by atoms with Crippen LogP contribution in [0.4, 0.5) is 0 Å². The number of benzene rings is 1. The fourth-order valence-electron chi connectivity index (χ4n) is 2.06. The Morgan fingerprint density at radius 1 is 1.19 bits per heavy atom. The molecule has 0 saturated carbocycles. The Morgan fingerprint density at radius 2 is 2.12 bits per heavy atom. The molecule has 0 radical (unpaired) electrons. The summed E-state index contributed by atoms with van der Waals surface area (Å²) < 4.78 is 1.37. The molecule has 0 fully saturated rings. The standard InChI is InChI=1S/C10H6N6/c1-2-4-7-6(3-1)5-8-9(7)11-10-12-14-15-16(10)13-8/h1-4H,5H2. The number of aromatic nitrogens is 6. The molecule has 2 aromatic heterocycles. The largest absolute Gasteiger partial charge is 0.291 e. The maximum atomic E-state index is 4.42. The lowest BCUT2D eigenvalue weighted by molar-refractivity contribution is 0.711. The number of hydrogen-bond donors (Lipinski definition) is 0. The van der Waals surface area contributed by atoms with Crippen molar-refractivity contribution >= 4 is 5.78 Å². The Labute approximate surface area is 89.9 Å². The average Bonchev–Trinajstić information content (AvgIpc) is 2.88. The minimum Gasteiger partial charge on any atom is -0.206 e. The monoisotopic (exact) mass is 210 g/mol. The van der Waals surface area contributed by atoms with Gasteiger partial charge in [-0.25, -0.2) is 4.98 Å². The van der Waals surface area contributed by atoms with Gasteiger partial charge in [0.15, 0.2) is 0 Å². The van der Waals surface area contributed by atoms with E-state index in [2.05, 4.69) is 37.7 Å². The molecular formula is C10H6N6. The van der Waals surface area contributed by atoms with Crippen LogP contribution in [0.25, 0.3) is 17.0 Å². The van der Waals surface area contributed by atoms with E-state index in [1.807, 2.05) is 12.1 Å². The van der Waals surface area contributed by atoms with Crippen LogP contribution in [0, 0.1) is 0 Å². The zero-order valence-electron chi connectivity index (χ0n) is 8.20. The van der Waals surface area contributed by atoms with Crippen molar-refractivity contribution in [3.05, 3.63) is 35.5 Å². The highest BCUT2D eigenvalue weighted by atomic mass is 15.6. The highest BCUT2D eigenvalue weighted by molar-refractivity contribution is 5.72. The summed E-state index contributed by atoms with van der Waals surface area (Å²) in [5, 5.41) is 15.4. The molecule has 6 heteroatoms. The van der Waals surface area contributed by atoms with E-state index in [0.29, 0.717) is 5.78 Å². The topological polar surface area (TPSA) is 68.9 Å². The van der Waals surface area contributed by atoms with E-state index in [-0.39, 0.29) is 0 Å². The van der Waals surface area contributed by atoms with Gasteiger partial charge in [0, 0.05) is 12.0 Å². The van der Waals surface area contributed by atoms with Crippen LogP contribution >= 0.6 is 0 Å². The lowest BCUT2D eigenvalue weighted by Crippen LogP contribution is -2.01. The van der Waals surface area contributed by atoms with Gasteiger partial charge in [0.25, 0.3) is 5.78 Å². The molecule has 0 spiro atoms. The SMILES string of the molecule is c1ccc2c(c1)Cc1nn3nnnc3nc1-2. The van der Waals surface area contributed by atoms with Gasteiger partial charge in [-0.3, -0.25) is 0 Å². The number of tetrazole rings is 1. The van der Waals surface area contributed by atoms with Gasteiger partial charge in [0.05, 0.1) is 11.4 Å². The average molecular weight is 210 g/mol. The molecule has 16 heavy (non-hydrogen) atoms. The highest BCUT2D eigenvalue weighted by Gasteiger charge is 2.22. The molecule has 0 bridgehead atoms. The van der Waals surface area contributed by atoms with Crippen molar-refractivity contribution in [2.45, 2.75) is 6.42 Å². The first kappa shape index (κ1) is 7.86. The molecular weight excluding hydrogens is 204 g/mol. The second kappa shape index (κ2) is 2.60. The molecule has 0 N–H and O–H groups in total. The second-order valence-corrected chi connectivity index (χ2v) is 3.71. The van der Waals surface area contributed by atoms with Crippen LogP contribution in [0.15, 0.2) is 24.3 Å². The molecule has 4 rings (SSSR count). The van der Waals surface area contributed by atoms with Crippen molar-refractivity contribution in [3.8, 4) is 11.3 Å². The normalized spacial score (nSPS) is 12.8. The molecule has 0 saturated heterocycles. The van der Waals surface area contributed by atoms with E-state index < -0.39 is 0 Å². The van der Waals surface area contributed by atoms with Gasteiger partial charge < -0.3 is 0 Å². The van der Waals surface area contributed by atoms with Crippen molar-refractivity contribution in [2.24, 2.45) is 0 Å². The van der Waals surface area contributed by atoms with Crippen molar-refractivity contribution in [1.29, 1.82) is 0 Å². The lowest BCUT2D eigenvalue weighted by atomic mass is 10.1. The molecule has 3 aromatic rings. The summed E-state index contributed by atoms with van der Waals surface area (Å²) in [5.41, 5.74) is 4.22. The first-order chi connectivity index (χ1) is 7.92. The Hall–Kier alpha value is -2.37. The molecule has 0 aliphatic heterocycles. The third-order valence-electron chi connectivity index (χ3n) is 2.77. The van der Waals surface area contributed by atoms with Crippen LogP contribution in [0.3, 0.4) is 0 Å².